The molecule has 2 aromatic carbocycles. The van der Waals surface area contributed by atoms with Crippen molar-refractivity contribution in [1.82, 2.24) is 4.40 Å². The quantitative estimate of drug-likeness (QED) is 0.568. The fourth-order valence-corrected chi connectivity index (χ4v) is 3.28. The van der Waals surface area contributed by atoms with Gasteiger partial charge in [0.2, 0.25) is 0 Å². The topological polar surface area (TPSA) is 57.3 Å². The summed E-state index contributed by atoms with van der Waals surface area (Å²) in [5.74, 6) is -0.231. The van der Waals surface area contributed by atoms with Crippen molar-refractivity contribution in [1.29, 1.82) is 5.26 Å². The van der Waals surface area contributed by atoms with Crippen LogP contribution in [-0.4, -0.2) is 10.3 Å². The highest BCUT2D eigenvalue weighted by Gasteiger charge is 2.17. The molecule has 26 heavy (non-hydrogen) atoms. The number of aromatic nitrogens is 1. The highest BCUT2D eigenvalue weighted by Crippen LogP contribution is 2.26. The molecule has 0 fully saturated rings. The van der Waals surface area contributed by atoms with Gasteiger partial charge in [0.15, 0.2) is 0 Å². The van der Waals surface area contributed by atoms with Crippen LogP contribution >= 0.6 is 0 Å². The predicted molar refractivity (Wildman–Crippen MR) is 103 cm³/mol. The molecule has 1 amide bonds. The van der Waals surface area contributed by atoms with Crippen molar-refractivity contribution in [2.75, 3.05) is 5.32 Å². The Hall–Kier alpha value is -3.58. The summed E-state index contributed by atoms with van der Waals surface area (Å²) in [6.07, 6.45) is 1.84. The maximum absolute atomic E-state index is 12.9. The van der Waals surface area contributed by atoms with Crippen molar-refractivity contribution in [3.8, 4) is 6.07 Å². The van der Waals surface area contributed by atoms with Crippen LogP contribution in [-0.2, 0) is 0 Å². The fraction of sp³-hybridized carbons (Fsp3) is 0.0909. The van der Waals surface area contributed by atoms with E-state index in [1.54, 1.807) is 10.5 Å². The zero-order chi connectivity index (χ0) is 18.3. The number of benzene rings is 2. The second kappa shape index (κ2) is 6.05. The largest absolute Gasteiger partial charge is 0.320 e. The van der Waals surface area contributed by atoms with Gasteiger partial charge in [-0.2, -0.15) is 5.26 Å². The van der Waals surface area contributed by atoms with Gasteiger partial charge >= 0.3 is 0 Å². The average molecular weight is 339 g/mol. The molecule has 0 saturated heterocycles. The van der Waals surface area contributed by atoms with Gasteiger partial charge in [-0.15, -0.1) is 0 Å². The van der Waals surface area contributed by atoms with Crippen LogP contribution < -0.4 is 5.32 Å². The molecule has 4 rings (SSSR count). The molecule has 0 bridgehead atoms. The van der Waals surface area contributed by atoms with Gasteiger partial charge in [0.1, 0.15) is 11.8 Å². The molecular weight excluding hydrogens is 322 g/mol. The van der Waals surface area contributed by atoms with Gasteiger partial charge in [0.25, 0.3) is 5.91 Å². The number of nitrogens with one attached hydrogen (secondary N) is 1. The van der Waals surface area contributed by atoms with Crippen LogP contribution in [0.25, 0.3) is 16.3 Å². The van der Waals surface area contributed by atoms with Crippen molar-refractivity contribution < 1.29 is 4.79 Å². The number of hydrogen-bond donors (Lipinski definition) is 1. The van der Waals surface area contributed by atoms with Crippen molar-refractivity contribution in [3.63, 3.8) is 0 Å². The van der Waals surface area contributed by atoms with Crippen molar-refractivity contribution in [2.45, 2.75) is 13.8 Å². The van der Waals surface area contributed by atoms with E-state index in [4.69, 9.17) is 0 Å². The minimum atomic E-state index is -0.231. The second-order valence-electron chi connectivity index (χ2n) is 6.45. The summed E-state index contributed by atoms with van der Waals surface area (Å²) >= 11 is 0. The molecule has 4 nitrogen and oxygen atoms in total. The van der Waals surface area contributed by atoms with Gasteiger partial charge in [-0.25, -0.2) is 0 Å². The SMILES string of the molecule is Cc1ccc(C)c(NC(=O)c2cc(C#N)c3c4ccccc4ccn23)c1. The number of nitriles is 1. The molecule has 0 unspecified atom stereocenters. The Kier molecular flexibility index (Phi) is 3.70. The van der Waals surface area contributed by atoms with E-state index in [2.05, 4.69) is 11.4 Å². The molecule has 0 aliphatic heterocycles. The summed E-state index contributed by atoms with van der Waals surface area (Å²) in [5.41, 5.74) is 4.56. The van der Waals surface area contributed by atoms with E-state index in [1.165, 1.54) is 0 Å². The van der Waals surface area contributed by atoms with Crippen molar-refractivity contribution in [2.24, 2.45) is 0 Å². The summed E-state index contributed by atoms with van der Waals surface area (Å²) in [7, 11) is 0. The molecule has 0 saturated carbocycles. The van der Waals surface area contributed by atoms with E-state index in [9.17, 15) is 10.1 Å². The Labute approximate surface area is 151 Å². The van der Waals surface area contributed by atoms with Gasteiger partial charge < -0.3 is 9.72 Å². The zero-order valence-corrected chi connectivity index (χ0v) is 14.6. The molecule has 4 heteroatoms. The van der Waals surface area contributed by atoms with Crippen LogP contribution in [0.4, 0.5) is 5.69 Å². The smallest absolute Gasteiger partial charge is 0.272 e. The highest BCUT2D eigenvalue weighted by atomic mass is 16.1. The van der Waals surface area contributed by atoms with Gasteiger partial charge in [0, 0.05) is 17.3 Å². The summed E-state index contributed by atoms with van der Waals surface area (Å²) in [4.78, 5) is 12.9. The number of amides is 1. The van der Waals surface area contributed by atoms with Crippen LogP contribution in [0.5, 0.6) is 0 Å². The Morgan fingerprint density at radius 2 is 1.88 bits per heavy atom. The molecule has 4 aromatic rings. The molecule has 2 aromatic heterocycles. The molecular formula is C22H17N3O. The van der Waals surface area contributed by atoms with E-state index in [-0.39, 0.29) is 5.91 Å². The Balaban J connectivity index is 1.87. The number of carbonyl (C=O) groups is 1. The summed E-state index contributed by atoms with van der Waals surface area (Å²) in [6, 6.07) is 19.6. The van der Waals surface area contributed by atoms with Crippen molar-refractivity contribution >= 4 is 27.9 Å². The summed E-state index contributed by atoms with van der Waals surface area (Å²) in [6.45, 7) is 3.95. The van der Waals surface area contributed by atoms with Crippen LogP contribution in [0.3, 0.4) is 0 Å². The van der Waals surface area contributed by atoms with Gasteiger partial charge in [-0.05, 0) is 48.6 Å². The second-order valence-corrected chi connectivity index (χ2v) is 6.45. The first-order valence-electron chi connectivity index (χ1n) is 8.40. The Bertz CT molecular complexity index is 1210. The number of nitrogens with zero attached hydrogens (tertiary/aromatic N) is 2. The van der Waals surface area contributed by atoms with Crippen LogP contribution in [0.1, 0.15) is 27.2 Å². The molecule has 0 atom stereocenters. The number of fused-ring (bicyclic) bond motifs is 3. The van der Waals surface area contributed by atoms with Crippen LogP contribution in [0, 0.1) is 25.2 Å². The number of hydrogen-bond acceptors (Lipinski definition) is 2. The third-order valence-corrected chi connectivity index (χ3v) is 4.65. The first kappa shape index (κ1) is 15.9. The maximum Gasteiger partial charge on any atom is 0.272 e. The fourth-order valence-electron chi connectivity index (χ4n) is 3.28. The standard InChI is InChI=1S/C22H17N3O/c1-14-7-8-15(2)19(11-14)24-22(26)20-12-17(13-23)21-18-6-4-3-5-16(18)9-10-25(20)21/h3-12H,1-2H3,(H,24,26). The lowest BCUT2D eigenvalue weighted by atomic mass is 10.1. The van der Waals surface area contributed by atoms with Gasteiger partial charge in [-0.3, -0.25) is 4.79 Å². The van der Waals surface area contributed by atoms with Crippen LogP contribution in [0.15, 0.2) is 60.8 Å². The number of carbonyl (C=O) groups excluding carboxylic acids is 1. The summed E-state index contributed by atoms with van der Waals surface area (Å²) in [5, 5.41) is 14.5. The molecule has 1 N–H and O–H groups in total. The first-order chi connectivity index (χ1) is 12.6. The molecule has 2 heterocycles. The first-order valence-corrected chi connectivity index (χ1v) is 8.40. The normalized spacial score (nSPS) is 10.8. The molecule has 0 aliphatic rings. The minimum Gasteiger partial charge on any atom is -0.320 e. The Morgan fingerprint density at radius 3 is 2.69 bits per heavy atom. The third-order valence-electron chi connectivity index (χ3n) is 4.65. The number of pyridine rings is 1. The van der Waals surface area contributed by atoms with E-state index in [1.807, 2.05) is 68.6 Å². The minimum absolute atomic E-state index is 0.231. The zero-order valence-electron chi connectivity index (χ0n) is 14.6. The maximum atomic E-state index is 12.9. The lowest BCUT2D eigenvalue weighted by molar-refractivity contribution is 0.102. The summed E-state index contributed by atoms with van der Waals surface area (Å²) < 4.78 is 1.79. The lowest BCUT2D eigenvalue weighted by Gasteiger charge is -2.10. The Morgan fingerprint density at radius 1 is 1.08 bits per heavy atom. The average Bonchev–Trinajstić information content (AvgIpc) is 3.04. The van der Waals surface area contributed by atoms with Gasteiger partial charge in [-0.1, -0.05) is 36.4 Å². The highest BCUT2D eigenvalue weighted by molar-refractivity contribution is 6.07. The van der Waals surface area contributed by atoms with Gasteiger partial charge in [0.05, 0.1) is 11.1 Å². The van der Waals surface area contributed by atoms with Crippen LogP contribution in [0.2, 0.25) is 0 Å². The third kappa shape index (κ3) is 2.51. The number of rotatable bonds is 2. The van der Waals surface area contributed by atoms with E-state index < -0.39 is 0 Å². The van der Waals surface area contributed by atoms with E-state index in [0.717, 1.165) is 33.1 Å². The monoisotopic (exact) mass is 339 g/mol. The molecule has 126 valence electrons. The van der Waals surface area contributed by atoms with Crippen molar-refractivity contribution in [3.05, 3.63) is 83.2 Å². The number of anilines is 1. The molecule has 0 aliphatic carbocycles. The molecule has 0 radical (unpaired) electrons. The lowest BCUT2D eigenvalue weighted by Crippen LogP contribution is -2.15. The van der Waals surface area contributed by atoms with E-state index >= 15 is 0 Å². The molecule has 0 spiro atoms. The predicted octanol–water partition coefficient (Wildman–Crippen LogP) is 4.83. The van der Waals surface area contributed by atoms with E-state index in [0.29, 0.717) is 11.3 Å². The number of aryl methyl sites for hydroxylation is 2.